The Bertz CT molecular complexity index is 3740. The number of furan rings is 1. The molecule has 0 N–H and O–H groups in total. The number of nitrogens with zero attached hydrogens (tertiary/aromatic N) is 4. The van der Waals surface area contributed by atoms with E-state index >= 15 is 0 Å². The van der Waals surface area contributed by atoms with E-state index in [0.29, 0.717) is 11.8 Å². The Balaban J connectivity index is 0.000000195. The van der Waals surface area contributed by atoms with Crippen molar-refractivity contribution in [1.82, 2.24) is 19.1 Å². The van der Waals surface area contributed by atoms with Gasteiger partial charge < -0.3 is 13.6 Å². The standard InChI is InChI=1S/C43H41N2O.C25H25N2.Ir/c1-27(2)36-24-32(30-16-9-6-10-17-30)25-37(28(3)4)41(36)45-39-21-12-11-20-38(39)44-43(45)35-19-13-18-34-33-23-22-31(26-40(33)46-42(34)35)29-14-7-5-8-15-29;1-17(2)20-13-10-14-21(18(3)4)24(20)27-23-16-9-8-15-22(23)26-25(27)19-11-6-5-7-12-19;/h6,9-13,16-18,20-29H,5,7-8,14-15H2,1-4H3;5-11,13-18H,1-4H3;/q2*-1;/i29D;;. The van der Waals surface area contributed by atoms with Gasteiger partial charge in [0, 0.05) is 38.2 Å². The van der Waals surface area contributed by atoms with Crippen molar-refractivity contribution in [3.05, 3.63) is 204 Å². The first-order chi connectivity index (χ1) is 35.9. The van der Waals surface area contributed by atoms with E-state index in [1.165, 1.54) is 51.2 Å². The van der Waals surface area contributed by atoms with Crippen LogP contribution in [0.4, 0.5) is 0 Å². The Morgan fingerprint density at radius 3 is 1.69 bits per heavy atom. The summed E-state index contributed by atoms with van der Waals surface area (Å²) in [6.07, 6.45) is 5.25. The predicted octanol–water partition coefficient (Wildman–Crippen LogP) is 19.1. The van der Waals surface area contributed by atoms with Crippen LogP contribution >= 0.6 is 0 Å². The summed E-state index contributed by atoms with van der Waals surface area (Å²) in [6.45, 7) is 18.2. The smallest absolute Gasteiger partial charge is 0.121 e. The van der Waals surface area contributed by atoms with Gasteiger partial charge in [-0.2, -0.15) is 0 Å². The molecule has 0 amide bonds. The second kappa shape index (κ2) is 21.5. The molecule has 74 heavy (non-hydrogen) atoms. The number of para-hydroxylation sites is 5. The molecule has 5 nitrogen and oxygen atoms in total. The van der Waals surface area contributed by atoms with E-state index in [0.717, 1.165) is 98.0 Å². The molecular formula is C68H66IrN4O-2. The molecule has 11 aromatic rings. The molecule has 3 aromatic heterocycles. The number of aromatic nitrogens is 4. The molecule has 8 aromatic carbocycles. The SMILES string of the molecule is CC(C)c1cccc(C(C)C)c1-n1c(-c2[c-]cccc2)nc2ccccc21.[2H]C1(c2ccc3c(c2)oc2c(-c4nc5ccccc5n4-c4c(C(C)C)cc(-c5ccccc5)cc4C(C)C)[c-]ccc23)CCCCC1.[Ir]. The molecule has 1 fully saturated rings. The Morgan fingerprint density at radius 1 is 0.514 bits per heavy atom. The number of fused-ring (bicyclic) bond motifs is 5. The third-order valence-electron chi connectivity index (χ3n) is 14.9. The van der Waals surface area contributed by atoms with Crippen LogP contribution in [0.15, 0.2) is 168 Å². The zero-order valence-corrected chi connectivity index (χ0v) is 46.4. The molecule has 3 heterocycles. The first kappa shape index (κ1) is 49.4. The van der Waals surface area contributed by atoms with Gasteiger partial charge in [-0.15, -0.1) is 54.1 Å². The zero-order valence-electron chi connectivity index (χ0n) is 45.0. The number of imidazole rings is 2. The molecule has 6 heteroatoms. The van der Waals surface area contributed by atoms with Crippen molar-refractivity contribution < 1.29 is 25.9 Å². The van der Waals surface area contributed by atoms with Gasteiger partial charge >= 0.3 is 0 Å². The second-order valence-electron chi connectivity index (χ2n) is 21.1. The molecular weight excluding hydrogens is 1080 g/mol. The minimum Gasteiger partial charge on any atom is -0.501 e. The van der Waals surface area contributed by atoms with Crippen molar-refractivity contribution in [3.8, 4) is 45.3 Å². The first-order valence-corrected chi connectivity index (χ1v) is 26.6. The van der Waals surface area contributed by atoms with Crippen LogP contribution in [0.5, 0.6) is 0 Å². The summed E-state index contributed by atoms with van der Waals surface area (Å²) in [7, 11) is 0. The summed E-state index contributed by atoms with van der Waals surface area (Å²) in [5, 5.41) is 2.12. The number of hydrogen-bond donors (Lipinski definition) is 0. The normalized spacial score (nSPS) is 13.8. The molecule has 1 aliphatic carbocycles. The maximum Gasteiger partial charge on any atom is 0.121 e. The Hall–Kier alpha value is -6.85. The minimum absolute atomic E-state index is 0. The minimum atomic E-state index is -0.541. The molecule has 12 rings (SSSR count). The third kappa shape index (κ3) is 9.48. The van der Waals surface area contributed by atoms with Gasteiger partial charge in [0.15, 0.2) is 0 Å². The summed E-state index contributed by atoms with van der Waals surface area (Å²) < 4.78 is 20.7. The average molecular weight is 1150 g/mol. The first-order valence-electron chi connectivity index (χ1n) is 27.1. The average Bonchev–Trinajstić information content (AvgIpc) is 4.14. The Labute approximate surface area is 452 Å². The van der Waals surface area contributed by atoms with Crippen molar-refractivity contribution in [1.29, 1.82) is 0 Å². The van der Waals surface area contributed by atoms with E-state index in [1.54, 1.807) is 0 Å². The van der Waals surface area contributed by atoms with Crippen LogP contribution in [-0.4, -0.2) is 19.1 Å². The second-order valence-corrected chi connectivity index (χ2v) is 21.1. The summed E-state index contributed by atoms with van der Waals surface area (Å²) in [4.78, 5) is 10.3. The fourth-order valence-corrected chi connectivity index (χ4v) is 11.2. The van der Waals surface area contributed by atoms with Crippen molar-refractivity contribution in [3.63, 3.8) is 0 Å². The zero-order chi connectivity index (χ0) is 51.3. The molecule has 0 saturated heterocycles. The third-order valence-corrected chi connectivity index (χ3v) is 14.9. The van der Waals surface area contributed by atoms with Crippen LogP contribution in [0.3, 0.4) is 0 Å². The molecule has 1 radical (unpaired) electrons. The Morgan fingerprint density at radius 2 is 1.08 bits per heavy atom. The van der Waals surface area contributed by atoms with Gasteiger partial charge in [0.25, 0.3) is 0 Å². The fourth-order valence-electron chi connectivity index (χ4n) is 11.2. The van der Waals surface area contributed by atoms with E-state index in [1.807, 2.05) is 24.3 Å². The van der Waals surface area contributed by atoms with Crippen LogP contribution in [0.25, 0.3) is 89.3 Å². The quantitative estimate of drug-likeness (QED) is 0.128. The van der Waals surface area contributed by atoms with E-state index in [-0.39, 0.29) is 31.9 Å². The van der Waals surface area contributed by atoms with Crippen LogP contribution < -0.4 is 0 Å². The summed E-state index contributed by atoms with van der Waals surface area (Å²) in [5.41, 5.74) is 18.9. The number of benzene rings is 8. The number of rotatable bonds is 10. The predicted molar refractivity (Wildman–Crippen MR) is 306 cm³/mol. The maximum atomic E-state index is 9.25. The summed E-state index contributed by atoms with van der Waals surface area (Å²) >= 11 is 0. The van der Waals surface area contributed by atoms with Crippen molar-refractivity contribution in [2.75, 3.05) is 0 Å². The van der Waals surface area contributed by atoms with Crippen molar-refractivity contribution in [2.24, 2.45) is 0 Å². The topological polar surface area (TPSA) is 48.8 Å². The van der Waals surface area contributed by atoms with Gasteiger partial charge in [0.2, 0.25) is 0 Å². The molecule has 0 aliphatic heterocycles. The largest absolute Gasteiger partial charge is 0.501 e. The van der Waals surface area contributed by atoms with Crippen LogP contribution in [0.1, 0.15) is 146 Å². The van der Waals surface area contributed by atoms with Crippen LogP contribution in [-0.2, 0) is 20.1 Å². The Kier molecular flexibility index (Phi) is 14.4. The molecule has 1 aliphatic rings. The fraction of sp³-hybridized carbons (Fsp3) is 0.265. The van der Waals surface area contributed by atoms with Gasteiger partial charge in [0.05, 0.1) is 39.3 Å². The van der Waals surface area contributed by atoms with E-state index < -0.39 is 5.89 Å². The molecule has 0 bridgehead atoms. The van der Waals surface area contributed by atoms with Gasteiger partial charge in [-0.05, 0) is 124 Å². The molecule has 375 valence electrons. The molecule has 0 unspecified atom stereocenters. The van der Waals surface area contributed by atoms with E-state index in [2.05, 4.69) is 216 Å². The van der Waals surface area contributed by atoms with Crippen molar-refractivity contribution >= 4 is 44.0 Å². The van der Waals surface area contributed by atoms with Gasteiger partial charge in [-0.1, -0.05) is 171 Å². The van der Waals surface area contributed by atoms with Crippen molar-refractivity contribution in [2.45, 2.75) is 117 Å². The summed E-state index contributed by atoms with van der Waals surface area (Å²) in [5.74, 6) is 2.65. The number of hydrogen-bond acceptors (Lipinski definition) is 3. The molecule has 0 atom stereocenters. The van der Waals surface area contributed by atoms with Gasteiger partial charge in [-0.25, -0.2) is 0 Å². The summed E-state index contributed by atoms with van der Waals surface area (Å²) in [6, 6.07) is 64.5. The molecule has 1 saturated carbocycles. The van der Waals surface area contributed by atoms with E-state index in [9.17, 15) is 1.37 Å². The van der Waals surface area contributed by atoms with Gasteiger partial charge in [-0.3, -0.25) is 9.97 Å². The molecule has 0 spiro atoms. The van der Waals surface area contributed by atoms with E-state index in [4.69, 9.17) is 14.4 Å². The van der Waals surface area contributed by atoms with Crippen LogP contribution in [0, 0.1) is 12.1 Å². The van der Waals surface area contributed by atoms with Gasteiger partial charge in [0.1, 0.15) is 5.58 Å². The monoisotopic (exact) mass is 1150 g/mol. The maximum absolute atomic E-state index is 9.25. The van der Waals surface area contributed by atoms with Crippen LogP contribution in [0.2, 0.25) is 0 Å².